The molecule has 17 heavy (non-hydrogen) atoms. The van der Waals surface area contributed by atoms with Gasteiger partial charge in [-0.15, -0.1) is 10.2 Å². The third kappa shape index (κ3) is 3.60. The minimum atomic E-state index is -4.19. The number of alkyl halides is 2. The average molecular weight is 288 g/mol. The zero-order valence-corrected chi connectivity index (χ0v) is 11.1. The Kier molecular flexibility index (Phi) is 3.78. The van der Waals surface area contributed by atoms with Crippen molar-refractivity contribution < 1.29 is 17.2 Å². The Labute approximate surface area is 102 Å². The predicted molar refractivity (Wildman–Crippen MR) is 57.5 cm³/mol. The van der Waals surface area contributed by atoms with E-state index in [2.05, 4.69) is 10.2 Å². The van der Waals surface area contributed by atoms with E-state index in [0.29, 0.717) is 0 Å². The van der Waals surface area contributed by atoms with Crippen LogP contribution in [-0.4, -0.2) is 23.2 Å². The quantitative estimate of drug-likeness (QED) is 0.799. The maximum atomic E-state index is 12.6. The maximum Gasteiger partial charge on any atom is 0.297 e. The smallest absolute Gasteiger partial charge is 0.295 e. The molecule has 0 aromatic carbocycles. The van der Waals surface area contributed by atoms with Crippen LogP contribution in [0.2, 0.25) is 0 Å². The lowest BCUT2D eigenvalue weighted by atomic mass is 9.97. The van der Waals surface area contributed by atoms with E-state index in [9.17, 15) is 17.2 Å². The van der Waals surface area contributed by atoms with Crippen molar-refractivity contribution in [3.8, 4) is 0 Å². The van der Waals surface area contributed by atoms with Gasteiger partial charge in [0.2, 0.25) is 5.82 Å². The van der Waals surface area contributed by atoms with Crippen LogP contribution in [0.3, 0.4) is 0 Å². The second kappa shape index (κ2) is 4.49. The molecule has 0 fully saturated rings. The van der Waals surface area contributed by atoms with Gasteiger partial charge in [-0.05, 0) is 5.41 Å². The van der Waals surface area contributed by atoms with Gasteiger partial charge in [0.25, 0.3) is 20.6 Å². The lowest BCUT2D eigenvalue weighted by molar-refractivity contribution is 0.130. The summed E-state index contributed by atoms with van der Waals surface area (Å²) in [5, 5.41) is 5.72. The van der Waals surface area contributed by atoms with Crippen LogP contribution >= 0.6 is 10.7 Å². The van der Waals surface area contributed by atoms with Crippen molar-refractivity contribution in [1.29, 1.82) is 0 Å². The first kappa shape index (κ1) is 14.3. The van der Waals surface area contributed by atoms with Crippen LogP contribution in [0.15, 0.2) is 5.16 Å². The summed E-state index contributed by atoms with van der Waals surface area (Å²) in [6.07, 6.45) is -2.91. The van der Waals surface area contributed by atoms with E-state index in [-0.39, 0.29) is 6.54 Å². The second-order valence-electron chi connectivity index (χ2n) is 4.73. The molecule has 98 valence electrons. The molecule has 0 spiro atoms. The normalized spacial score (nSPS) is 13.4. The molecule has 0 aliphatic heterocycles. The highest BCUT2D eigenvalue weighted by atomic mass is 35.7. The van der Waals surface area contributed by atoms with Gasteiger partial charge in [-0.25, -0.2) is 17.2 Å². The fourth-order valence-electron chi connectivity index (χ4n) is 1.26. The maximum absolute atomic E-state index is 12.6. The fraction of sp³-hybridized carbons (Fsp3) is 0.750. The van der Waals surface area contributed by atoms with Crippen LogP contribution < -0.4 is 0 Å². The van der Waals surface area contributed by atoms with Gasteiger partial charge in [-0.3, -0.25) is 4.57 Å². The van der Waals surface area contributed by atoms with Crippen LogP contribution in [0.25, 0.3) is 0 Å². The summed E-state index contributed by atoms with van der Waals surface area (Å²) >= 11 is 0. The summed E-state index contributed by atoms with van der Waals surface area (Å²) in [4.78, 5) is 0. The number of aromatic nitrogens is 3. The summed E-state index contributed by atoms with van der Waals surface area (Å²) in [7, 11) is 0.924. The molecule has 9 heteroatoms. The molecular formula is C8H12ClF2N3O2S. The van der Waals surface area contributed by atoms with Crippen molar-refractivity contribution in [2.75, 3.05) is 0 Å². The van der Waals surface area contributed by atoms with E-state index in [1.807, 2.05) is 0 Å². The minimum Gasteiger partial charge on any atom is -0.295 e. The molecule has 1 aromatic rings. The number of halogens is 3. The van der Waals surface area contributed by atoms with Gasteiger partial charge >= 0.3 is 0 Å². The molecule has 0 unspecified atom stereocenters. The van der Waals surface area contributed by atoms with Crippen molar-refractivity contribution in [1.82, 2.24) is 14.8 Å². The van der Waals surface area contributed by atoms with E-state index in [1.165, 1.54) is 0 Å². The van der Waals surface area contributed by atoms with Crippen LogP contribution in [0.1, 0.15) is 33.0 Å². The summed E-state index contributed by atoms with van der Waals surface area (Å²) in [5.74, 6) is -0.695. The van der Waals surface area contributed by atoms with Gasteiger partial charge in [0.15, 0.2) is 0 Å². The number of hydrogen-bond acceptors (Lipinski definition) is 4. The molecule has 0 aliphatic carbocycles. The standard InChI is InChI=1S/C8H12ClF2N3O2S/c1-8(2,3)4-14-6(5(10)11)12-13-7(14)17(9,15)16/h5H,4H2,1-3H3. The van der Waals surface area contributed by atoms with Gasteiger partial charge in [-0.2, -0.15) is 0 Å². The molecule has 0 atom stereocenters. The molecule has 0 N–H and O–H groups in total. The summed E-state index contributed by atoms with van der Waals surface area (Å²) < 4.78 is 48.5. The van der Waals surface area contributed by atoms with E-state index in [0.717, 1.165) is 4.57 Å². The first-order valence-corrected chi connectivity index (χ1v) is 6.99. The van der Waals surface area contributed by atoms with Gasteiger partial charge in [-0.1, -0.05) is 20.8 Å². The SMILES string of the molecule is CC(C)(C)Cn1c(C(F)F)nnc1S(=O)(=O)Cl. The van der Waals surface area contributed by atoms with Crippen LogP contribution in [0.5, 0.6) is 0 Å². The highest BCUT2D eigenvalue weighted by Gasteiger charge is 2.29. The molecule has 1 rings (SSSR count). The fourth-order valence-corrected chi connectivity index (χ4v) is 2.17. The first-order chi connectivity index (χ1) is 7.52. The molecule has 0 saturated heterocycles. The Morgan fingerprint density at radius 2 is 1.88 bits per heavy atom. The van der Waals surface area contributed by atoms with Crippen molar-refractivity contribution >= 4 is 19.7 Å². The van der Waals surface area contributed by atoms with Gasteiger partial charge in [0.05, 0.1) is 0 Å². The summed E-state index contributed by atoms with van der Waals surface area (Å²) in [6.45, 7) is 5.34. The molecule has 0 aliphatic rings. The summed E-state index contributed by atoms with van der Waals surface area (Å²) in [5.41, 5.74) is -0.414. The first-order valence-electron chi connectivity index (χ1n) is 4.68. The minimum absolute atomic E-state index is 0.0287. The third-order valence-electron chi connectivity index (χ3n) is 1.79. The zero-order chi connectivity index (χ0) is 13.4. The molecule has 0 bridgehead atoms. The molecule has 5 nitrogen and oxygen atoms in total. The highest BCUT2D eigenvalue weighted by Crippen LogP contribution is 2.26. The van der Waals surface area contributed by atoms with Gasteiger partial charge < -0.3 is 0 Å². The van der Waals surface area contributed by atoms with Crippen LogP contribution in [-0.2, 0) is 15.6 Å². The molecular weight excluding hydrogens is 276 g/mol. The molecule has 0 saturated carbocycles. The monoisotopic (exact) mass is 287 g/mol. The Morgan fingerprint density at radius 1 is 1.35 bits per heavy atom. The predicted octanol–water partition coefficient (Wildman–Crippen LogP) is 2.19. The third-order valence-corrected chi connectivity index (χ3v) is 2.94. The molecule has 0 amide bonds. The lowest BCUT2D eigenvalue weighted by Crippen LogP contribution is -2.20. The largest absolute Gasteiger partial charge is 0.297 e. The Balaban J connectivity index is 3.35. The average Bonchev–Trinajstić information content (AvgIpc) is 2.43. The topological polar surface area (TPSA) is 64.8 Å². The van der Waals surface area contributed by atoms with E-state index < -0.39 is 31.9 Å². The Morgan fingerprint density at radius 3 is 2.24 bits per heavy atom. The number of rotatable bonds is 3. The Bertz CT molecular complexity index is 507. The number of nitrogens with zero attached hydrogens (tertiary/aromatic N) is 3. The van der Waals surface area contributed by atoms with Gasteiger partial charge in [0.1, 0.15) is 0 Å². The highest BCUT2D eigenvalue weighted by molar-refractivity contribution is 8.13. The zero-order valence-electron chi connectivity index (χ0n) is 9.48. The molecule has 1 aromatic heterocycles. The van der Waals surface area contributed by atoms with Crippen LogP contribution in [0.4, 0.5) is 8.78 Å². The Hall–Kier alpha value is -0.760. The van der Waals surface area contributed by atoms with Crippen molar-refractivity contribution in [2.24, 2.45) is 5.41 Å². The van der Waals surface area contributed by atoms with Crippen molar-refractivity contribution in [3.05, 3.63) is 5.82 Å². The second-order valence-corrected chi connectivity index (χ2v) is 7.19. The summed E-state index contributed by atoms with van der Waals surface area (Å²) in [6, 6.07) is 0. The van der Waals surface area contributed by atoms with Crippen LogP contribution in [0, 0.1) is 5.41 Å². The van der Waals surface area contributed by atoms with Crippen molar-refractivity contribution in [2.45, 2.75) is 38.9 Å². The lowest BCUT2D eigenvalue weighted by Gasteiger charge is -2.20. The van der Waals surface area contributed by atoms with Crippen molar-refractivity contribution in [3.63, 3.8) is 0 Å². The molecule has 1 heterocycles. The van der Waals surface area contributed by atoms with E-state index >= 15 is 0 Å². The van der Waals surface area contributed by atoms with E-state index in [1.54, 1.807) is 20.8 Å². The number of hydrogen-bond donors (Lipinski definition) is 0. The van der Waals surface area contributed by atoms with E-state index in [4.69, 9.17) is 10.7 Å². The molecule has 0 radical (unpaired) electrons. The van der Waals surface area contributed by atoms with Gasteiger partial charge in [0, 0.05) is 17.2 Å².